The molecule has 0 saturated carbocycles. The Balaban J connectivity index is 2.50. The molecular formula is C11H17N3O. The molecular weight excluding hydrogens is 190 g/mol. The van der Waals surface area contributed by atoms with Crippen molar-refractivity contribution in [1.82, 2.24) is 10.2 Å². The van der Waals surface area contributed by atoms with Crippen molar-refractivity contribution in [2.24, 2.45) is 5.73 Å². The minimum Gasteiger partial charge on any atom is -0.480 e. The van der Waals surface area contributed by atoms with E-state index in [2.05, 4.69) is 16.8 Å². The third kappa shape index (κ3) is 3.67. The van der Waals surface area contributed by atoms with Gasteiger partial charge in [-0.15, -0.1) is 11.7 Å². The Morgan fingerprint density at radius 3 is 2.87 bits per heavy atom. The van der Waals surface area contributed by atoms with Gasteiger partial charge in [-0.1, -0.05) is 6.08 Å². The van der Waals surface area contributed by atoms with Gasteiger partial charge in [-0.25, -0.2) is 0 Å². The molecule has 1 aromatic heterocycles. The van der Waals surface area contributed by atoms with Gasteiger partial charge in [0.05, 0.1) is 12.8 Å². The quantitative estimate of drug-likeness (QED) is 0.571. The Kier molecular flexibility index (Phi) is 4.77. The van der Waals surface area contributed by atoms with Crippen LogP contribution in [0.3, 0.4) is 0 Å². The van der Waals surface area contributed by atoms with Gasteiger partial charge in [-0.05, 0) is 25.3 Å². The number of rotatable bonds is 6. The molecule has 4 heteroatoms. The van der Waals surface area contributed by atoms with Crippen molar-refractivity contribution in [3.8, 4) is 5.88 Å². The first-order chi connectivity index (χ1) is 7.27. The van der Waals surface area contributed by atoms with Crippen molar-refractivity contribution in [3.63, 3.8) is 0 Å². The van der Waals surface area contributed by atoms with Crippen molar-refractivity contribution in [2.75, 3.05) is 7.11 Å². The van der Waals surface area contributed by atoms with E-state index in [0.717, 1.165) is 25.0 Å². The number of nitrogens with zero attached hydrogens (tertiary/aromatic N) is 2. The first-order valence-electron chi connectivity index (χ1n) is 5.02. The molecule has 0 aliphatic rings. The van der Waals surface area contributed by atoms with Crippen LogP contribution in [0.1, 0.15) is 31.0 Å². The number of hydrogen-bond acceptors (Lipinski definition) is 4. The maximum Gasteiger partial charge on any atom is 0.233 e. The van der Waals surface area contributed by atoms with E-state index in [0.29, 0.717) is 5.88 Å². The highest BCUT2D eigenvalue weighted by Gasteiger charge is 2.07. The first-order valence-corrected chi connectivity index (χ1v) is 5.02. The predicted octanol–water partition coefficient (Wildman–Crippen LogP) is 1.84. The van der Waals surface area contributed by atoms with Gasteiger partial charge in [-0.2, -0.15) is 5.10 Å². The smallest absolute Gasteiger partial charge is 0.233 e. The van der Waals surface area contributed by atoms with Gasteiger partial charge < -0.3 is 10.5 Å². The summed E-state index contributed by atoms with van der Waals surface area (Å²) in [6.07, 6.45) is 4.80. The Labute approximate surface area is 90.2 Å². The highest BCUT2D eigenvalue weighted by atomic mass is 16.5. The van der Waals surface area contributed by atoms with Gasteiger partial charge in [0, 0.05) is 12.1 Å². The van der Waals surface area contributed by atoms with E-state index in [1.54, 1.807) is 13.2 Å². The van der Waals surface area contributed by atoms with Crippen molar-refractivity contribution >= 4 is 0 Å². The molecule has 1 unspecified atom stereocenters. The maximum atomic E-state index is 5.95. The van der Waals surface area contributed by atoms with Crippen LogP contribution in [0.15, 0.2) is 24.8 Å². The zero-order valence-electron chi connectivity index (χ0n) is 9.02. The van der Waals surface area contributed by atoms with Crippen LogP contribution >= 0.6 is 0 Å². The summed E-state index contributed by atoms with van der Waals surface area (Å²) < 4.78 is 4.92. The number of hydrogen-bond donors (Lipinski definition) is 1. The molecule has 0 saturated heterocycles. The molecule has 0 aliphatic carbocycles. The molecule has 15 heavy (non-hydrogen) atoms. The van der Waals surface area contributed by atoms with Crippen LogP contribution in [0.25, 0.3) is 0 Å². The third-order valence-electron chi connectivity index (χ3n) is 2.17. The van der Waals surface area contributed by atoms with Crippen LogP contribution in [-0.2, 0) is 0 Å². The topological polar surface area (TPSA) is 61.0 Å². The first kappa shape index (κ1) is 11.7. The second kappa shape index (κ2) is 6.14. The van der Waals surface area contributed by atoms with Gasteiger partial charge in [0.2, 0.25) is 5.88 Å². The molecule has 4 nitrogen and oxygen atoms in total. The van der Waals surface area contributed by atoms with Gasteiger partial charge in [-0.3, -0.25) is 0 Å². The molecule has 1 atom stereocenters. The van der Waals surface area contributed by atoms with E-state index in [4.69, 9.17) is 10.5 Å². The van der Waals surface area contributed by atoms with Crippen molar-refractivity contribution in [1.29, 1.82) is 0 Å². The average molecular weight is 207 g/mol. The zero-order valence-corrected chi connectivity index (χ0v) is 9.02. The lowest BCUT2D eigenvalue weighted by Gasteiger charge is -2.09. The monoisotopic (exact) mass is 207 g/mol. The molecule has 1 rings (SSSR count). The second-order valence-corrected chi connectivity index (χ2v) is 3.33. The molecule has 0 bridgehead atoms. The normalized spacial score (nSPS) is 12.1. The molecule has 0 radical (unpaired) electrons. The standard InChI is InChI=1S/C11H17N3O/c1-3-4-5-6-9(12)10-7-8-11(15-2)14-13-10/h3,7-9H,1,4-6,12H2,2H3. The van der Waals surface area contributed by atoms with Crippen LogP contribution in [-0.4, -0.2) is 17.3 Å². The lowest BCUT2D eigenvalue weighted by atomic mass is 10.1. The fraction of sp³-hybridized carbons (Fsp3) is 0.455. The Bertz CT molecular complexity index is 297. The number of unbranched alkanes of at least 4 members (excludes halogenated alkanes) is 1. The predicted molar refractivity (Wildman–Crippen MR) is 59.6 cm³/mol. The van der Waals surface area contributed by atoms with E-state index in [1.165, 1.54) is 0 Å². The summed E-state index contributed by atoms with van der Waals surface area (Å²) in [6, 6.07) is 3.57. The average Bonchev–Trinajstić information content (AvgIpc) is 2.29. The Hall–Kier alpha value is -1.42. The molecule has 82 valence electrons. The minimum absolute atomic E-state index is 0.0524. The molecule has 0 fully saturated rings. The summed E-state index contributed by atoms with van der Waals surface area (Å²) in [4.78, 5) is 0. The minimum atomic E-state index is -0.0524. The molecule has 0 aromatic carbocycles. The number of ether oxygens (including phenoxy) is 1. The van der Waals surface area contributed by atoms with E-state index in [-0.39, 0.29) is 6.04 Å². The number of allylic oxidation sites excluding steroid dienone is 1. The third-order valence-corrected chi connectivity index (χ3v) is 2.17. The van der Waals surface area contributed by atoms with E-state index in [1.807, 2.05) is 12.1 Å². The summed E-state index contributed by atoms with van der Waals surface area (Å²) in [7, 11) is 1.56. The SMILES string of the molecule is C=CCCCC(N)c1ccc(OC)nn1. The molecule has 1 heterocycles. The van der Waals surface area contributed by atoms with Crippen molar-refractivity contribution in [3.05, 3.63) is 30.5 Å². The van der Waals surface area contributed by atoms with E-state index >= 15 is 0 Å². The fourth-order valence-corrected chi connectivity index (χ4v) is 1.27. The van der Waals surface area contributed by atoms with Crippen LogP contribution in [0.5, 0.6) is 5.88 Å². The maximum absolute atomic E-state index is 5.95. The van der Waals surface area contributed by atoms with Gasteiger partial charge in [0.25, 0.3) is 0 Å². The number of methoxy groups -OCH3 is 1. The summed E-state index contributed by atoms with van der Waals surface area (Å²) in [5.74, 6) is 0.511. The highest BCUT2D eigenvalue weighted by Crippen LogP contribution is 2.15. The summed E-state index contributed by atoms with van der Waals surface area (Å²) in [6.45, 7) is 3.67. The summed E-state index contributed by atoms with van der Waals surface area (Å²) >= 11 is 0. The number of nitrogens with two attached hydrogens (primary N) is 1. The highest BCUT2D eigenvalue weighted by molar-refractivity contribution is 5.13. The molecule has 1 aromatic rings. The zero-order chi connectivity index (χ0) is 11.1. The van der Waals surface area contributed by atoms with Gasteiger partial charge in [0.1, 0.15) is 0 Å². The van der Waals surface area contributed by atoms with Crippen LogP contribution in [0.2, 0.25) is 0 Å². The van der Waals surface area contributed by atoms with Crippen molar-refractivity contribution in [2.45, 2.75) is 25.3 Å². The molecule has 0 aliphatic heterocycles. The lowest BCUT2D eigenvalue weighted by Crippen LogP contribution is -2.12. The summed E-state index contributed by atoms with van der Waals surface area (Å²) in [5, 5.41) is 7.88. The number of aromatic nitrogens is 2. The lowest BCUT2D eigenvalue weighted by molar-refractivity contribution is 0.390. The second-order valence-electron chi connectivity index (χ2n) is 3.33. The van der Waals surface area contributed by atoms with Crippen molar-refractivity contribution < 1.29 is 4.74 Å². The van der Waals surface area contributed by atoms with Gasteiger partial charge >= 0.3 is 0 Å². The van der Waals surface area contributed by atoms with Gasteiger partial charge in [0.15, 0.2) is 0 Å². The Morgan fingerprint density at radius 1 is 1.53 bits per heavy atom. The van der Waals surface area contributed by atoms with Crippen LogP contribution in [0.4, 0.5) is 0 Å². The Morgan fingerprint density at radius 2 is 2.33 bits per heavy atom. The van der Waals surface area contributed by atoms with Crippen LogP contribution < -0.4 is 10.5 Å². The van der Waals surface area contributed by atoms with E-state index in [9.17, 15) is 0 Å². The molecule has 0 spiro atoms. The largest absolute Gasteiger partial charge is 0.480 e. The fourth-order valence-electron chi connectivity index (χ4n) is 1.27. The molecule has 0 amide bonds. The van der Waals surface area contributed by atoms with Crippen LogP contribution in [0, 0.1) is 0 Å². The summed E-state index contributed by atoms with van der Waals surface area (Å²) in [5.41, 5.74) is 6.76. The van der Waals surface area contributed by atoms with E-state index < -0.39 is 0 Å². The molecule has 2 N–H and O–H groups in total.